The molecule has 0 aromatic heterocycles. The Kier molecular flexibility index (Phi) is 50.0. The Labute approximate surface area is 617 Å². The van der Waals surface area contributed by atoms with Crippen molar-refractivity contribution < 1.29 is 52.7 Å². The molecule has 6 atom stereocenters. The normalized spacial score (nSPS) is 33.1. The van der Waals surface area contributed by atoms with Crippen molar-refractivity contribution in [2.75, 3.05) is 74.0 Å². The van der Waals surface area contributed by atoms with E-state index in [4.69, 9.17) is 26.7 Å². The predicted molar refractivity (Wildman–Crippen MR) is 428 cm³/mol. The first-order valence-electron chi connectivity index (χ1n) is 38.6. The molecule has 7 saturated carbocycles. The summed E-state index contributed by atoms with van der Waals surface area (Å²) < 4.78 is 14.9. The Bertz CT molecular complexity index is 1830. The van der Waals surface area contributed by atoms with Crippen molar-refractivity contribution in [3.05, 3.63) is 0 Å². The molecule has 3 heterocycles. The summed E-state index contributed by atoms with van der Waals surface area (Å²) in [5.74, 6) is 4.73. The summed E-state index contributed by atoms with van der Waals surface area (Å²) >= 11 is 0. The fourth-order valence-corrected chi connectivity index (χ4v) is 19.6. The van der Waals surface area contributed by atoms with Gasteiger partial charge in [-0.3, -0.25) is 28.5 Å². The standard InChI is InChI=1S/C13H31NOP2Si.C12H24N2.C12H21NO.C8H16NO.C8H19NP2.C7H17NOP2.C7H15N.C6H13NO.HI/c1-13(2,3)18(5,6)15-12-9-7-11(8-10-12)14(4)17-16;1-10-2-4-12(5-3-10)14-8-6-11(13)7-9-14;1-10-2-4-11(5-3-10)13-8-6-12(14)7-9-13;1-3-9(2)6-4-8(10)5-7-9;1-7-3-5-8(6-4-7)9(2)11-10;1-8(11-10)6-2-4-7(9)5-3-6;1-6-2-4-7(8)5-3-6;7-5-1-3-6(8)4-2-5;/h11-12,17H,7-10,16H2,1-6H3;10-12H,2-9,13H2,1H3;10-11H,2-9H2,1H3;3-7H2,1-2H3;7-8,11H,3-6,10H2,1-2H3;6-7,9,11H,2-5,10H2,1H3;6-7H,2-5,8H2,1H3;5-6,8H,1-4,7H2;1H/q;;;+1;;;;;/p-1. The van der Waals surface area contributed by atoms with Crippen molar-refractivity contribution in [3.8, 4) is 0 Å². The van der Waals surface area contributed by atoms with Crippen molar-refractivity contribution in [2.24, 2.45) is 40.9 Å². The average Bonchev–Trinajstić information content (AvgIpc) is 0.886. The molecule has 8 N–H and O–H groups in total. The van der Waals surface area contributed by atoms with E-state index in [9.17, 15) is 14.7 Å². The molecule has 10 rings (SSSR count). The number of likely N-dealkylation sites (tertiary alicyclic amines) is 3. The maximum Gasteiger partial charge on any atom is 0.192 e. The van der Waals surface area contributed by atoms with Crippen LogP contribution >= 0.6 is 52.0 Å². The lowest BCUT2D eigenvalue weighted by Crippen LogP contribution is -3.00. The average molecular weight is 1580 g/mol. The molecule has 0 amide bonds. The van der Waals surface area contributed by atoms with Gasteiger partial charge < -0.3 is 65.2 Å². The molecule has 0 bridgehead atoms. The highest BCUT2D eigenvalue weighted by molar-refractivity contribution is 8.02. The van der Waals surface area contributed by atoms with Crippen LogP contribution in [-0.2, 0) is 14.0 Å². The summed E-state index contributed by atoms with van der Waals surface area (Å²) in [6, 6.07) is 5.41. The van der Waals surface area contributed by atoms with Crippen LogP contribution in [0.3, 0.4) is 0 Å². The number of Topliss-reactive ketones (excluding diaryl/α,β-unsaturated/α-hetero) is 2. The second-order valence-corrected chi connectivity index (χ2v) is 43.2. The molecule has 14 nitrogen and oxygen atoms in total. The molecule has 6 unspecified atom stereocenters. The maximum atomic E-state index is 11.1. The summed E-state index contributed by atoms with van der Waals surface area (Å²) in [7, 11) is 18.3. The molecule has 0 aromatic carbocycles. The molecule has 0 aromatic rings. The number of nitrogens with zero attached hydrogens (tertiary/aromatic N) is 6. The van der Waals surface area contributed by atoms with Crippen LogP contribution in [0.1, 0.15) is 274 Å². The molecule has 10 fully saturated rings. The third kappa shape index (κ3) is 39.5. The molecular weight excluding hydrogens is 1420 g/mol. The Morgan fingerprint density at radius 2 is 0.768 bits per heavy atom. The monoisotopic (exact) mass is 1580 g/mol. The number of carbonyl (C=O) groups is 2. The van der Waals surface area contributed by atoms with E-state index < -0.39 is 8.32 Å². The molecule has 0 radical (unpaired) electrons. The molecule has 7 aliphatic carbocycles. The lowest BCUT2D eigenvalue weighted by atomic mass is 9.86. The highest BCUT2D eigenvalue weighted by atomic mass is 127. The zero-order valence-corrected chi connectivity index (χ0v) is 73.4. The van der Waals surface area contributed by atoms with E-state index >= 15 is 0 Å². The number of nitrogens with two attached hydrogens (primary N) is 3. The summed E-state index contributed by atoms with van der Waals surface area (Å²) in [6.45, 7) is 31.2. The van der Waals surface area contributed by atoms with Crippen LogP contribution in [0, 0.1) is 23.7 Å². The molecule has 0 spiro atoms. The SMILES string of the molecule is CC1CCC(N(C)PP)CC1.CC1CCC(N)CC1.CC1CCC(N2CCC(=O)CC2)CC1.CC1CCC(N2CCC(N)CC2)CC1.CC[N+]1(C)CCC(=O)CC1.CN(PP)C1CCC(O)CC1.CN(PP)C1CCC(O[Si](C)(C)C(C)(C)C)CC1.NC1CCC(O)CC1.[I-]. The number of carbonyl (C=O) groups excluding carboxylic acids is 2. The fourth-order valence-electron chi connectivity index (χ4n) is 14.9. The lowest BCUT2D eigenvalue weighted by molar-refractivity contribution is -0.909. The number of hydrogen-bond donors (Lipinski definition) is 5. The minimum Gasteiger partial charge on any atom is -1.00 e. The van der Waals surface area contributed by atoms with Crippen molar-refractivity contribution in [2.45, 2.75) is 358 Å². The third-order valence-electron chi connectivity index (χ3n) is 24.2. The van der Waals surface area contributed by atoms with E-state index in [0.717, 1.165) is 175 Å². The number of aliphatic hydroxyl groups excluding tert-OH is 2. The van der Waals surface area contributed by atoms with E-state index in [2.05, 4.69) is 147 Å². The van der Waals surface area contributed by atoms with Gasteiger partial charge in [-0.05, 0) is 301 Å². The predicted octanol–water partition coefficient (Wildman–Crippen LogP) is 12.9. The smallest absolute Gasteiger partial charge is 0.192 e. The van der Waals surface area contributed by atoms with Gasteiger partial charge in [0.2, 0.25) is 0 Å². The van der Waals surface area contributed by atoms with E-state index in [1.165, 1.54) is 167 Å². The molecule has 10 aliphatic rings. The highest BCUT2D eigenvalue weighted by Gasteiger charge is 2.40. The number of quaternary nitrogens is 1. The summed E-state index contributed by atoms with van der Waals surface area (Å²) in [4.78, 5) is 27.2. The van der Waals surface area contributed by atoms with Crippen LogP contribution in [0.2, 0.25) is 18.1 Å². The van der Waals surface area contributed by atoms with Gasteiger partial charge in [-0.2, -0.15) is 0 Å². The first kappa shape index (κ1) is 93.5. The third-order valence-corrected chi connectivity index (χ3v) is 34.7. The van der Waals surface area contributed by atoms with Crippen molar-refractivity contribution in [1.29, 1.82) is 0 Å². The van der Waals surface area contributed by atoms with Crippen LogP contribution < -0.4 is 41.2 Å². The maximum absolute atomic E-state index is 11.1. The Morgan fingerprint density at radius 3 is 1.09 bits per heavy atom. The first-order chi connectivity index (χ1) is 44.4. The summed E-state index contributed by atoms with van der Waals surface area (Å²) in [5, 5.41) is 18.6. The van der Waals surface area contributed by atoms with Gasteiger partial charge >= 0.3 is 0 Å². The number of ketones is 2. The largest absolute Gasteiger partial charge is 1.00 e. The minimum atomic E-state index is -1.57. The van der Waals surface area contributed by atoms with Crippen molar-refractivity contribution in [3.63, 3.8) is 0 Å². The number of aliphatic hydroxyl groups is 2. The summed E-state index contributed by atoms with van der Waals surface area (Å²) in [5.41, 5.74) is 17.2. The number of rotatable bonds is 11. The topological polar surface area (TPSA) is 178 Å². The fraction of sp³-hybridized carbons (Fsp3) is 0.973. The number of hydrogen-bond acceptors (Lipinski definition) is 13. The highest BCUT2D eigenvalue weighted by Crippen LogP contribution is 2.41. The van der Waals surface area contributed by atoms with Gasteiger partial charge in [-0.15, -0.1) is 0 Å². The van der Waals surface area contributed by atoms with Crippen molar-refractivity contribution in [1.82, 2.24) is 23.8 Å². The van der Waals surface area contributed by atoms with Gasteiger partial charge in [-0.1, -0.05) is 75.3 Å². The Hall–Kier alpha value is 2.39. The number of halogens is 1. The quantitative estimate of drug-likeness (QED) is 0.0572. The van der Waals surface area contributed by atoms with Crippen molar-refractivity contribution >= 4 is 71.9 Å². The minimum absolute atomic E-state index is 0. The van der Waals surface area contributed by atoms with Crippen LogP contribution in [-0.4, -0.2) is 199 Å². The first-order valence-corrected chi connectivity index (χ1v) is 49.8. The molecule has 3 aliphatic heterocycles. The summed E-state index contributed by atoms with van der Waals surface area (Å²) in [6.07, 6.45) is 41.4. The second-order valence-electron chi connectivity index (χ2n) is 33.2. The van der Waals surface area contributed by atoms with Gasteiger partial charge in [0, 0.05) is 80.4 Å². The van der Waals surface area contributed by atoms with Gasteiger partial charge in [0.15, 0.2) is 8.32 Å². The van der Waals surface area contributed by atoms with Gasteiger partial charge in [-0.25, -0.2) is 0 Å². The molecular formula is C73H156IN9O5P6Si. The van der Waals surface area contributed by atoms with Crippen LogP contribution in [0.4, 0.5) is 0 Å². The Balaban J connectivity index is 0.000000374. The van der Waals surface area contributed by atoms with Gasteiger partial charge in [0.25, 0.3) is 0 Å². The molecule has 3 saturated heterocycles. The molecule has 95 heavy (non-hydrogen) atoms. The molecule has 564 valence electrons. The van der Waals surface area contributed by atoms with E-state index in [1.807, 2.05) is 0 Å². The van der Waals surface area contributed by atoms with E-state index in [0.29, 0.717) is 46.9 Å². The second kappa shape index (κ2) is 50.8. The van der Waals surface area contributed by atoms with E-state index in [1.54, 1.807) is 0 Å². The van der Waals surface area contributed by atoms with Crippen LogP contribution in [0.5, 0.6) is 0 Å². The zero-order valence-electron chi connectivity index (χ0n) is 63.8. The van der Waals surface area contributed by atoms with Gasteiger partial charge in [0.1, 0.15) is 11.6 Å². The number of piperidine rings is 3. The lowest BCUT2D eigenvalue weighted by Gasteiger charge is -2.42. The van der Waals surface area contributed by atoms with Crippen LogP contribution in [0.25, 0.3) is 0 Å². The molecule has 22 heteroatoms. The van der Waals surface area contributed by atoms with E-state index in [-0.39, 0.29) is 36.2 Å². The van der Waals surface area contributed by atoms with Gasteiger partial charge in [0.05, 0.1) is 51.7 Å². The Morgan fingerprint density at radius 1 is 0.484 bits per heavy atom. The zero-order chi connectivity index (χ0) is 70.0. The van der Waals surface area contributed by atoms with Crippen LogP contribution in [0.15, 0.2) is 0 Å².